The van der Waals surface area contributed by atoms with Crippen LogP contribution in [0.2, 0.25) is 0 Å². The van der Waals surface area contributed by atoms with Gasteiger partial charge in [-0.25, -0.2) is 9.78 Å². The minimum absolute atomic E-state index is 0.141. The van der Waals surface area contributed by atoms with E-state index in [2.05, 4.69) is 10.3 Å². The lowest BCUT2D eigenvalue weighted by molar-refractivity contribution is -0.116. The van der Waals surface area contributed by atoms with Crippen molar-refractivity contribution < 1.29 is 14.3 Å². The fraction of sp³-hybridized carbons (Fsp3) is 0.222. The third-order valence-corrected chi connectivity index (χ3v) is 4.43. The molecule has 0 spiro atoms. The minimum Gasteiger partial charge on any atom is -0.462 e. The molecule has 0 unspecified atom stereocenters. The van der Waals surface area contributed by atoms with Crippen molar-refractivity contribution in [3.8, 4) is 0 Å². The van der Waals surface area contributed by atoms with Gasteiger partial charge in [0.25, 0.3) is 5.56 Å². The average Bonchev–Trinajstić information content (AvgIpc) is 3.12. The maximum absolute atomic E-state index is 12.3. The molecule has 0 aliphatic rings. The van der Waals surface area contributed by atoms with Crippen LogP contribution in [0.1, 0.15) is 23.7 Å². The lowest BCUT2D eigenvalue weighted by atomic mass is 10.2. The molecule has 2 heterocycles. The molecular weight excluding hydrogens is 354 g/mol. The first-order valence-electron chi connectivity index (χ1n) is 8.08. The Morgan fingerprint density at radius 1 is 1.23 bits per heavy atom. The zero-order valence-electron chi connectivity index (χ0n) is 14.1. The van der Waals surface area contributed by atoms with E-state index < -0.39 is 5.97 Å². The molecule has 8 heteroatoms. The highest BCUT2D eigenvalue weighted by Gasteiger charge is 2.10. The number of benzene rings is 1. The van der Waals surface area contributed by atoms with E-state index in [1.165, 1.54) is 22.2 Å². The zero-order valence-corrected chi connectivity index (χ0v) is 14.9. The standard InChI is InChI=1S/C18H17N3O4S/c1-2-8-25-18(24)12-3-5-13(6-4-12)20-15(22)10-21-11-19-16-14(17(21)23)7-9-26-16/h3-7,9,11H,2,8,10H2,1H3,(H,20,22). The van der Waals surface area contributed by atoms with E-state index in [0.29, 0.717) is 28.1 Å². The topological polar surface area (TPSA) is 90.3 Å². The van der Waals surface area contributed by atoms with Gasteiger partial charge in [-0.05, 0) is 42.1 Å². The van der Waals surface area contributed by atoms with E-state index >= 15 is 0 Å². The number of fused-ring (bicyclic) bond motifs is 1. The molecule has 0 aliphatic carbocycles. The molecule has 7 nitrogen and oxygen atoms in total. The largest absolute Gasteiger partial charge is 0.462 e. The number of carbonyl (C=O) groups excluding carboxylic acids is 2. The number of thiophene rings is 1. The highest BCUT2D eigenvalue weighted by atomic mass is 32.1. The van der Waals surface area contributed by atoms with Crippen molar-refractivity contribution in [2.75, 3.05) is 11.9 Å². The van der Waals surface area contributed by atoms with Crippen LogP contribution in [-0.2, 0) is 16.1 Å². The van der Waals surface area contributed by atoms with Crippen molar-refractivity contribution >= 4 is 39.1 Å². The van der Waals surface area contributed by atoms with Crippen LogP contribution in [0.25, 0.3) is 10.2 Å². The number of anilines is 1. The first-order valence-corrected chi connectivity index (χ1v) is 8.96. The summed E-state index contributed by atoms with van der Waals surface area (Å²) in [6.07, 6.45) is 2.12. The molecule has 0 saturated heterocycles. The number of nitrogens with one attached hydrogen (secondary N) is 1. The molecule has 0 aliphatic heterocycles. The highest BCUT2D eigenvalue weighted by Crippen LogP contribution is 2.14. The van der Waals surface area contributed by atoms with E-state index in [4.69, 9.17) is 4.74 Å². The van der Waals surface area contributed by atoms with Crippen molar-refractivity contribution in [2.24, 2.45) is 0 Å². The van der Waals surface area contributed by atoms with Crippen molar-refractivity contribution in [1.82, 2.24) is 9.55 Å². The fourth-order valence-corrected chi connectivity index (χ4v) is 3.05. The van der Waals surface area contributed by atoms with Crippen molar-refractivity contribution in [1.29, 1.82) is 0 Å². The summed E-state index contributed by atoms with van der Waals surface area (Å²) in [7, 11) is 0. The average molecular weight is 371 g/mol. The van der Waals surface area contributed by atoms with Crippen LogP contribution in [0.15, 0.2) is 46.8 Å². The normalized spacial score (nSPS) is 10.7. The quantitative estimate of drug-likeness (QED) is 0.673. The summed E-state index contributed by atoms with van der Waals surface area (Å²) < 4.78 is 6.31. The summed E-state index contributed by atoms with van der Waals surface area (Å²) in [6.45, 7) is 2.15. The first kappa shape index (κ1) is 17.8. The Balaban J connectivity index is 1.65. The van der Waals surface area contributed by atoms with Crippen LogP contribution < -0.4 is 10.9 Å². The van der Waals surface area contributed by atoms with E-state index in [1.54, 1.807) is 35.7 Å². The van der Waals surface area contributed by atoms with E-state index in [9.17, 15) is 14.4 Å². The van der Waals surface area contributed by atoms with Crippen molar-refractivity contribution in [3.63, 3.8) is 0 Å². The van der Waals surface area contributed by atoms with Gasteiger partial charge in [0, 0.05) is 5.69 Å². The third-order valence-electron chi connectivity index (χ3n) is 3.61. The van der Waals surface area contributed by atoms with E-state index in [0.717, 1.165) is 6.42 Å². The first-order chi connectivity index (χ1) is 12.6. The fourth-order valence-electron chi connectivity index (χ4n) is 2.33. The number of amides is 1. The number of nitrogens with zero attached hydrogens (tertiary/aromatic N) is 2. The Morgan fingerprint density at radius 3 is 2.73 bits per heavy atom. The Hall–Kier alpha value is -3.00. The van der Waals surface area contributed by atoms with Gasteiger partial charge in [-0.3, -0.25) is 14.2 Å². The molecule has 3 rings (SSSR count). The predicted molar refractivity (Wildman–Crippen MR) is 99.5 cm³/mol. The van der Waals surface area contributed by atoms with Crippen molar-refractivity contribution in [3.05, 3.63) is 58.0 Å². The smallest absolute Gasteiger partial charge is 0.338 e. The van der Waals surface area contributed by atoms with E-state index in [-0.39, 0.29) is 18.0 Å². The van der Waals surface area contributed by atoms with Crippen molar-refractivity contribution in [2.45, 2.75) is 19.9 Å². The predicted octanol–water partition coefficient (Wildman–Crippen LogP) is 2.66. The van der Waals surface area contributed by atoms with Gasteiger partial charge in [0.05, 0.1) is 23.9 Å². The van der Waals surface area contributed by atoms with Gasteiger partial charge < -0.3 is 10.1 Å². The Bertz CT molecular complexity index is 992. The summed E-state index contributed by atoms with van der Waals surface area (Å²) >= 11 is 1.38. The minimum atomic E-state index is -0.397. The van der Waals surface area contributed by atoms with Crippen LogP contribution in [0.4, 0.5) is 5.69 Å². The maximum Gasteiger partial charge on any atom is 0.338 e. The van der Waals surface area contributed by atoms with Crippen LogP contribution in [0.5, 0.6) is 0 Å². The second-order valence-corrected chi connectivity index (χ2v) is 6.47. The van der Waals surface area contributed by atoms with Gasteiger partial charge in [-0.1, -0.05) is 6.92 Å². The highest BCUT2D eigenvalue weighted by molar-refractivity contribution is 7.16. The molecule has 0 bridgehead atoms. The van der Waals surface area contributed by atoms with Gasteiger partial charge in [0.1, 0.15) is 11.4 Å². The number of aromatic nitrogens is 2. The van der Waals surface area contributed by atoms with Crippen LogP contribution in [-0.4, -0.2) is 28.0 Å². The van der Waals surface area contributed by atoms with Gasteiger partial charge in [0.15, 0.2) is 0 Å². The Morgan fingerprint density at radius 2 is 2.00 bits per heavy atom. The summed E-state index contributed by atoms with van der Waals surface area (Å²) in [4.78, 5) is 41.0. The molecule has 0 fully saturated rings. The van der Waals surface area contributed by atoms with Gasteiger partial charge in [0.2, 0.25) is 5.91 Å². The monoisotopic (exact) mass is 371 g/mol. The van der Waals surface area contributed by atoms with Crippen LogP contribution >= 0.6 is 11.3 Å². The molecule has 1 aromatic carbocycles. The molecular formula is C18H17N3O4S. The van der Waals surface area contributed by atoms with E-state index in [1.807, 2.05) is 6.92 Å². The zero-order chi connectivity index (χ0) is 18.5. The van der Waals surface area contributed by atoms with Gasteiger partial charge >= 0.3 is 5.97 Å². The number of ether oxygens (including phenoxy) is 1. The van der Waals surface area contributed by atoms with Crippen LogP contribution in [0, 0.1) is 0 Å². The number of hydrogen-bond acceptors (Lipinski definition) is 6. The molecule has 0 saturated carbocycles. The number of carbonyl (C=O) groups is 2. The number of rotatable bonds is 6. The summed E-state index contributed by atoms with van der Waals surface area (Å²) in [5.74, 6) is -0.754. The molecule has 0 atom stereocenters. The lowest BCUT2D eigenvalue weighted by Gasteiger charge is -2.08. The maximum atomic E-state index is 12.3. The molecule has 1 amide bonds. The second kappa shape index (κ2) is 7.92. The van der Waals surface area contributed by atoms with Crippen LogP contribution in [0.3, 0.4) is 0 Å². The third kappa shape index (κ3) is 3.97. The Kier molecular flexibility index (Phi) is 5.43. The lowest BCUT2D eigenvalue weighted by Crippen LogP contribution is -2.27. The van der Waals surface area contributed by atoms with Gasteiger partial charge in [-0.15, -0.1) is 11.3 Å². The summed E-state index contributed by atoms with van der Waals surface area (Å²) in [5, 5.41) is 4.98. The SMILES string of the molecule is CCCOC(=O)c1ccc(NC(=O)Cn2cnc3sccc3c2=O)cc1. The number of hydrogen-bond donors (Lipinski definition) is 1. The molecule has 1 N–H and O–H groups in total. The summed E-state index contributed by atoms with van der Waals surface area (Å²) in [5.41, 5.74) is 0.694. The Labute approximate surface area is 153 Å². The molecule has 0 radical (unpaired) electrons. The molecule has 2 aromatic heterocycles. The van der Waals surface area contributed by atoms with Gasteiger partial charge in [-0.2, -0.15) is 0 Å². The molecule has 26 heavy (non-hydrogen) atoms. The summed E-state index contributed by atoms with van der Waals surface area (Å²) in [6, 6.07) is 8.09. The number of esters is 1. The molecule has 3 aromatic rings. The second-order valence-electron chi connectivity index (χ2n) is 5.58. The molecule has 134 valence electrons.